The van der Waals surface area contributed by atoms with E-state index in [9.17, 15) is 4.79 Å². The van der Waals surface area contributed by atoms with Gasteiger partial charge in [-0.2, -0.15) is 0 Å². The van der Waals surface area contributed by atoms with E-state index in [0.717, 1.165) is 31.2 Å². The van der Waals surface area contributed by atoms with E-state index in [2.05, 4.69) is 33.9 Å². The Bertz CT molecular complexity index is 721. The van der Waals surface area contributed by atoms with Gasteiger partial charge in [0, 0.05) is 43.4 Å². The molecular weight excluding hydrogens is 352 g/mol. The van der Waals surface area contributed by atoms with Gasteiger partial charge < -0.3 is 14.6 Å². The van der Waals surface area contributed by atoms with Crippen LogP contribution < -0.4 is 10.2 Å². The lowest BCUT2D eigenvalue weighted by Crippen LogP contribution is -2.46. The minimum absolute atomic E-state index is 0.179. The first-order valence-electron chi connectivity index (χ1n) is 8.96. The summed E-state index contributed by atoms with van der Waals surface area (Å²) in [7, 11) is 0. The molecule has 0 radical (unpaired) electrons. The second-order valence-electron chi connectivity index (χ2n) is 6.97. The van der Waals surface area contributed by atoms with Crippen molar-refractivity contribution in [1.82, 2.24) is 15.2 Å². The SMILES string of the molecule is CC(C)CNC(=O)c1coc(CN2CCN(c3ccc(Cl)cc3)CC2)n1. The molecule has 3 rings (SSSR count). The molecule has 1 N–H and O–H groups in total. The Hall–Kier alpha value is -2.05. The number of nitrogens with zero attached hydrogens (tertiary/aromatic N) is 3. The summed E-state index contributed by atoms with van der Waals surface area (Å²) in [6.45, 7) is 9.06. The minimum atomic E-state index is -0.179. The second kappa shape index (κ2) is 8.56. The number of halogens is 1. The summed E-state index contributed by atoms with van der Waals surface area (Å²) in [5, 5.41) is 3.61. The highest BCUT2D eigenvalue weighted by atomic mass is 35.5. The fourth-order valence-corrected chi connectivity index (χ4v) is 3.01. The second-order valence-corrected chi connectivity index (χ2v) is 7.41. The Morgan fingerprint density at radius 1 is 1.23 bits per heavy atom. The third kappa shape index (κ3) is 4.99. The van der Waals surface area contributed by atoms with Gasteiger partial charge in [-0.3, -0.25) is 9.69 Å². The number of benzene rings is 1. The number of piperazine rings is 1. The quantitative estimate of drug-likeness (QED) is 0.839. The lowest BCUT2D eigenvalue weighted by molar-refractivity contribution is 0.0944. The fraction of sp³-hybridized carbons (Fsp3) is 0.474. The number of oxazole rings is 1. The van der Waals surface area contributed by atoms with Gasteiger partial charge in [0.2, 0.25) is 5.89 Å². The molecule has 1 amide bonds. The molecule has 0 aliphatic carbocycles. The Kier molecular flexibility index (Phi) is 6.16. The maximum Gasteiger partial charge on any atom is 0.273 e. The van der Waals surface area contributed by atoms with Crippen LogP contribution in [-0.4, -0.2) is 48.5 Å². The van der Waals surface area contributed by atoms with Crippen molar-refractivity contribution in [2.45, 2.75) is 20.4 Å². The highest BCUT2D eigenvalue weighted by Gasteiger charge is 2.20. The van der Waals surface area contributed by atoms with Crippen molar-refractivity contribution in [3.8, 4) is 0 Å². The molecule has 1 aliphatic heterocycles. The summed E-state index contributed by atoms with van der Waals surface area (Å²) in [6.07, 6.45) is 1.44. The summed E-state index contributed by atoms with van der Waals surface area (Å²) >= 11 is 5.95. The van der Waals surface area contributed by atoms with Gasteiger partial charge in [0.25, 0.3) is 5.91 Å². The average Bonchev–Trinajstić information content (AvgIpc) is 3.10. The van der Waals surface area contributed by atoms with E-state index in [1.165, 1.54) is 12.0 Å². The minimum Gasteiger partial charge on any atom is -0.447 e. The van der Waals surface area contributed by atoms with Crippen LogP contribution >= 0.6 is 11.6 Å². The first kappa shape index (κ1) is 18.7. The number of rotatable bonds is 6. The van der Waals surface area contributed by atoms with Crippen LogP contribution in [0.1, 0.15) is 30.2 Å². The van der Waals surface area contributed by atoms with Crippen LogP contribution in [0.15, 0.2) is 34.9 Å². The molecule has 7 heteroatoms. The van der Waals surface area contributed by atoms with Crippen LogP contribution in [0.25, 0.3) is 0 Å². The number of amides is 1. The van der Waals surface area contributed by atoms with Gasteiger partial charge in [-0.25, -0.2) is 4.98 Å². The van der Waals surface area contributed by atoms with E-state index < -0.39 is 0 Å². The third-order valence-corrected chi connectivity index (χ3v) is 4.63. The van der Waals surface area contributed by atoms with Crippen LogP contribution in [0.2, 0.25) is 5.02 Å². The molecule has 1 saturated heterocycles. The molecule has 1 fully saturated rings. The van der Waals surface area contributed by atoms with Crippen LogP contribution in [-0.2, 0) is 6.54 Å². The van der Waals surface area contributed by atoms with Gasteiger partial charge in [0.15, 0.2) is 5.69 Å². The molecule has 1 aromatic carbocycles. The van der Waals surface area contributed by atoms with Crippen LogP contribution in [0.3, 0.4) is 0 Å². The van der Waals surface area contributed by atoms with E-state index in [4.69, 9.17) is 16.0 Å². The monoisotopic (exact) mass is 376 g/mol. The van der Waals surface area contributed by atoms with Crippen molar-refractivity contribution in [2.24, 2.45) is 5.92 Å². The first-order chi connectivity index (χ1) is 12.5. The van der Waals surface area contributed by atoms with E-state index >= 15 is 0 Å². The highest BCUT2D eigenvalue weighted by molar-refractivity contribution is 6.30. The molecule has 6 nitrogen and oxygen atoms in total. The highest BCUT2D eigenvalue weighted by Crippen LogP contribution is 2.20. The summed E-state index contributed by atoms with van der Waals surface area (Å²) < 4.78 is 5.48. The normalized spacial score (nSPS) is 15.5. The number of carbonyl (C=O) groups excluding carboxylic acids is 1. The van der Waals surface area contributed by atoms with Gasteiger partial charge in [-0.1, -0.05) is 25.4 Å². The van der Waals surface area contributed by atoms with Crippen LogP contribution in [0.5, 0.6) is 0 Å². The number of hydrogen-bond donors (Lipinski definition) is 1. The van der Waals surface area contributed by atoms with Gasteiger partial charge in [-0.05, 0) is 30.2 Å². The largest absolute Gasteiger partial charge is 0.447 e. The van der Waals surface area contributed by atoms with Crippen molar-refractivity contribution in [2.75, 3.05) is 37.6 Å². The number of anilines is 1. The van der Waals surface area contributed by atoms with E-state index in [1.807, 2.05) is 24.3 Å². The fourth-order valence-electron chi connectivity index (χ4n) is 2.88. The summed E-state index contributed by atoms with van der Waals surface area (Å²) in [4.78, 5) is 21.0. The molecule has 1 aromatic heterocycles. The zero-order chi connectivity index (χ0) is 18.5. The van der Waals surface area contributed by atoms with Crippen LogP contribution in [0.4, 0.5) is 5.69 Å². The standard InChI is InChI=1S/C19H25ClN4O2/c1-14(2)11-21-19(25)17-13-26-18(22-17)12-23-7-9-24(10-8-23)16-5-3-15(20)4-6-16/h3-6,13-14H,7-12H2,1-2H3,(H,21,25). The molecule has 26 heavy (non-hydrogen) atoms. The molecule has 0 saturated carbocycles. The predicted molar refractivity (Wildman–Crippen MR) is 103 cm³/mol. The van der Waals surface area contributed by atoms with Crippen molar-refractivity contribution in [3.05, 3.63) is 47.1 Å². The third-order valence-electron chi connectivity index (χ3n) is 4.38. The molecular formula is C19H25ClN4O2. The number of aromatic nitrogens is 1. The molecule has 0 unspecified atom stereocenters. The van der Waals surface area contributed by atoms with E-state index in [1.54, 1.807) is 0 Å². The summed E-state index contributed by atoms with van der Waals surface area (Å²) in [5.74, 6) is 0.808. The average molecular weight is 377 g/mol. The molecule has 1 aliphatic rings. The molecule has 0 atom stereocenters. The lowest BCUT2D eigenvalue weighted by Gasteiger charge is -2.35. The molecule has 140 valence electrons. The number of nitrogens with one attached hydrogen (secondary N) is 1. The smallest absolute Gasteiger partial charge is 0.273 e. The summed E-state index contributed by atoms with van der Waals surface area (Å²) in [6, 6.07) is 7.94. The van der Waals surface area contributed by atoms with E-state index in [0.29, 0.717) is 30.6 Å². The van der Waals surface area contributed by atoms with E-state index in [-0.39, 0.29) is 5.91 Å². The lowest BCUT2D eigenvalue weighted by atomic mass is 10.2. The Labute approximate surface area is 159 Å². The van der Waals surface area contributed by atoms with Crippen LogP contribution in [0, 0.1) is 5.92 Å². The topological polar surface area (TPSA) is 61.6 Å². The van der Waals surface area contributed by atoms with Crippen molar-refractivity contribution in [3.63, 3.8) is 0 Å². The maximum atomic E-state index is 12.0. The van der Waals surface area contributed by atoms with Gasteiger partial charge >= 0.3 is 0 Å². The molecule has 0 spiro atoms. The number of hydrogen-bond acceptors (Lipinski definition) is 5. The maximum absolute atomic E-state index is 12.0. The zero-order valence-corrected chi connectivity index (χ0v) is 16.0. The van der Waals surface area contributed by atoms with Gasteiger partial charge in [0.1, 0.15) is 6.26 Å². The summed E-state index contributed by atoms with van der Waals surface area (Å²) in [5.41, 5.74) is 1.54. The van der Waals surface area contributed by atoms with Crippen molar-refractivity contribution < 1.29 is 9.21 Å². The predicted octanol–water partition coefficient (Wildman–Crippen LogP) is 3.04. The van der Waals surface area contributed by atoms with Gasteiger partial charge in [0.05, 0.1) is 6.54 Å². The Morgan fingerprint density at radius 3 is 2.58 bits per heavy atom. The molecule has 2 heterocycles. The Morgan fingerprint density at radius 2 is 1.92 bits per heavy atom. The number of carbonyl (C=O) groups is 1. The van der Waals surface area contributed by atoms with Gasteiger partial charge in [-0.15, -0.1) is 0 Å². The molecule has 0 bridgehead atoms. The Balaban J connectivity index is 1.49. The van der Waals surface area contributed by atoms with Crippen molar-refractivity contribution >= 4 is 23.2 Å². The first-order valence-corrected chi connectivity index (χ1v) is 9.34. The van der Waals surface area contributed by atoms with Crippen molar-refractivity contribution in [1.29, 1.82) is 0 Å². The molecule has 2 aromatic rings. The zero-order valence-electron chi connectivity index (χ0n) is 15.2.